The lowest BCUT2D eigenvalue weighted by Crippen LogP contribution is -2.53. The monoisotopic (exact) mass is 261 g/mol. The van der Waals surface area contributed by atoms with Gasteiger partial charge in [0, 0.05) is 12.1 Å². The maximum atomic E-state index is 11.9. The average Bonchev–Trinajstić information content (AvgIpc) is 2.09. The van der Waals surface area contributed by atoms with Crippen molar-refractivity contribution < 1.29 is 4.79 Å². The van der Waals surface area contributed by atoms with Crippen LogP contribution < -0.4 is 0 Å². The molecular formula is C11H20BrNO. The molecule has 0 radical (unpaired) electrons. The smallest absolute Gasteiger partial charge is 0.236 e. The van der Waals surface area contributed by atoms with Gasteiger partial charge in [0.2, 0.25) is 5.91 Å². The minimum atomic E-state index is 0.0261. The predicted octanol–water partition coefficient (Wildman–Crippen LogP) is 2.95. The second-order valence-corrected chi connectivity index (χ2v) is 5.77. The maximum absolute atomic E-state index is 11.9. The van der Waals surface area contributed by atoms with Crippen LogP contribution in [0.2, 0.25) is 0 Å². The maximum Gasteiger partial charge on any atom is 0.236 e. The van der Waals surface area contributed by atoms with Crippen molar-refractivity contribution in [1.29, 1.82) is 0 Å². The summed E-state index contributed by atoms with van der Waals surface area (Å²) in [6.45, 7) is 7.43. The number of amides is 1. The van der Waals surface area contributed by atoms with Gasteiger partial charge in [0.25, 0.3) is 0 Å². The fourth-order valence-electron chi connectivity index (χ4n) is 2.18. The Bertz CT molecular complexity index is 215. The Kier molecular flexibility index (Phi) is 3.99. The molecule has 0 aliphatic carbocycles. The quantitative estimate of drug-likeness (QED) is 0.716. The van der Waals surface area contributed by atoms with E-state index >= 15 is 0 Å². The number of piperidine rings is 1. The van der Waals surface area contributed by atoms with Gasteiger partial charge in [-0.05, 0) is 33.1 Å². The number of carbonyl (C=O) groups is 1. The van der Waals surface area contributed by atoms with Crippen molar-refractivity contribution in [3.05, 3.63) is 0 Å². The van der Waals surface area contributed by atoms with Crippen molar-refractivity contribution >= 4 is 21.8 Å². The Hall–Kier alpha value is -0.0500. The molecule has 0 N–H and O–H groups in total. The molecule has 0 bridgehead atoms. The molecule has 0 aromatic heterocycles. The molecule has 1 aliphatic heterocycles. The molecule has 1 aliphatic rings. The summed E-state index contributed by atoms with van der Waals surface area (Å²) in [4.78, 5) is 14.0. The van der Waals surface area contributed by atoms with Gasteiger partial charge in [-0.2, -0.15) is 0 Å². The fraction of sp³-hybridized carbons (Fsp3) is 0.909. The Labute approximate surface area is 95.2 Å². The number of alkyl halides is 1. The number of carbonyl (C=O) groups excluding carboxylic acids is 1. The fourth-order valence-corrected chi connectivity index (χ4v) is 2.75. The van der Waals surface area contributed by atoms with Crippen LogP contribution in [-0.4, -0.2) is 27.7 Å². The first-order valence-electron chi connectivity index (χ1n) is 5.44. The van der Waals surface area contributed by atoms with Crippen LogP contribution in [-0.2, 0) is 4.79 Å². The third kappa shape index (κ3) is 2.50. The van der Waals surface area contributed by atoms with Gasteiger partial charge in [-0.15, -0.1) is 0 Å². The highest BCUT2D eigenvalue weighted by Gasteiger charge is 2.35. The van der Waals surface area contributed by atoms with Crippen LogP contribution in [0, 0.1) is 0 Å². The van der Waals surface area contributed by atoms with Gasteiger partial charge >= 0.3 is 0 Å². The first-order chi connectivity index (χ1) is 6.49. The van der Waals surface area contributed by atoms with E-state index in [0.717, 1.165) is 32.2 Å². The molecule has 0 aromatic carbocycles. The Morgan fingerprint density at radius 3 is 2.79 bits per heavy atom. The van der Waals surface area contributed by atoms with E-state index in [2.05, 4.69) is 36.7 Å². The van der Waals surface area contributed by atoms with Gasteiger partial charge in [-0.1, -0.05) is 29.3 Å². The van der Waals surface area contributed by atoms with Gasteiger partial charge < -0.3 is 4.90 Å². The predicted molar refractivity (Wildman–Crippen MR) is 62.6 cm³/mol. The molecule has 1 heterocycles. The number of hydrogen-bond acceptors (Lipinski definition) is 1. The average molecular weight is 262 g/mol. The van der Waals surface area contributed by atoms with Gasteiger partial charge in [-0.3, -0.25) is 4.79 Å². The van der Waals surface area contributed by atoms with Crippen molar-refractivity contribution in [2.45, 2.75) is 56.8 Å². The molecule has 1 unspecified atom stereocenters. The standard InChI is InChI=1S/C11H20BrNO/c1-4-7-11(2,3)13-8-5-6-9(12)10(13)14/h9H,4-8H2,1-3H3. The molecule has 82 valence electrons. The van der Waals surface area contributed by atoms with E-state index < -0.39 is 0 Å². The zero-order chi connectivity index (χ0) is 10.8. The van der Waals surface area contributed by atoms with Gasteiger partial charge in [-0.25, -0.2) is 0 Å². The molecule has 1 saturated heterocycles. The second-order valence-electron chi connectivity index (χ2n) is 4.66. The first kappa shape index (κ1) is 12.0. The minimum Gasteiger partial charge on any atom is -0.337 e. The third-order valence-corrected chi connectivity index (χ3v) is 3.82. The summed E-state index contributed by atoms with van der Waals surface area (Å²) < 4.78 is 0. The molecule has 1 atom stereocenters. The molecular weight excluding hydrogens is 242 g/mol. The molecule has 0 saturated carbocycles. The summed E-state index contributed by atoms with van der Waals surface area (Å²) in [6, 6.07) is 0. The number of halogens is 1. The van der Waals surface area contributed by atoms with Crippen LogP contribution >= 0.6 is 15.9 Å². The lowest BCUT2D eigenvalue weighted by Gasteiger charge is -2.42. The van der Waals surface area contributed by atoms with Crippen molar-refractivity contribution in [1.82, 2.24) is 4.90 Å². The van der Waals surface area contributed by atoms with E-state index in [9.17, 15) is 4.79 Å². The van der Waals surface area contributed by atoms with Gasteiger partial charge in [0.05, 0.1) is 4.83 Å². The largest absolute Gasteiger partial charge is 0.337 e. The minimum absolute atomic E-state index is 0.0261. The molecule has 3 heteroatoms. The summed E-state index contributed by atoms with van der Waals surface area (Å²) in [5, 5.41) is 0. The third-order valence-electron chi connectivity index (χ3n) is 2.97. The van der Waals surface area contributed by atoms with E-state index in [-0.39, 0.29) is 16.3 Å². The summed E-state index contributed by atoms with van der Waals surface area (Å²) in [5.41, 5.74) is 0.0261. The first-order valence-corrected chi connectivity index (χ1v) is 6.36. The van der Waals surface area contributed by atoms with E-state index in [4.69, 9.17) is 0 Å². The molecule has 1 fully saturated rings. The molecule has 1 amide bonds. The van der Waals surface area contributed by atoms with Crippen molar-refractivity contribution in [2.75, 3.05) is 6.54 Å². The van der Waals surface area contributed by atoms with Gasteiger partial charge in [0.15, 0.2) is 0 Å². The summed E-state index contributed by atoms with van der Waals surface area (Å²) in [5.74, 6) is 0.273. The number of rotatable bonds is 3. The van der Waals surface area contributed by atoms with Crippen LogP contribution in [0.1, 0.15) is 46.5 Å². The lowest BCUT2D eigenvalue weighted by atomic mass is 9.93. The summed E-state index contributed by atoms with van der Waals surface area (Å²) in [6.07, 6.45) is 4.31. The molecule has 2 nitrogen and oxygen atoms in total. The van der Waals surface area contributed by atoms with Crippen molar-refractivity contribution in [2.24, 2.45) is 0 Å². The zero-order valence-electron chi connectivity index (χ0n) is 9.35. The van der Waals surface area contributed by atoms with Crippen molar-refractivity contribution in [3.63, 3.8) is 0 Å². The molecule has 0 spiro atoms. The van der Waals surface area contributed by atoms with E-state index in [1.54, 1.807) is 0 Å². The Balaban J connectivity index is 2.70. The number of nitrogens with zero attached hydrogens (tertiary/aromatic N) is 1. The highest BCUT2D eigenvalue weighted by Crippen LogP contribution is 2.28. The van der Waals surface area contributed by atoms with Crippen LogP contribution in [0.5, 0.6) is 0 Å². The molecule has 1 rings (SSSR count). The van der Waals surface area contributed by atoms with Crippen LogP contribution in [0.15, 0.2) is 0 Å². The summed E-state index contributed by atoms with van der Waals surface area (Å²) >= 11 is 3.45. The van der Waals surface area contributed by atoms with Crippen LogP contribution in [0.25, 0.3) is 0 Å². The number of hydrogen-bond donors (Lipinski definition) is 0. The SMILES string of the molecule is CCCC(C)(C)N1CCCC(Br)C1=O. The summed E-state index contributed by atoms with van der Waals surface area (Å²) in [7, 11) is 0. The van der Waals surface area contributed by atoms with Crippen LogP contribution in [0.3, 0.4) is 0 Å². The Morgan fingerprint density at radius 2 is 2.21 bits per heavy atom. The highest BCUT2D eigenvalue weighted by molar-refractivity contribution is 9.10. The lowest BCUT2D eigenvalue weighted by molar-refractivity contribution is -0.138. The second kappa shape index (κ2) is 4.65. The number of likely N-dealkylation sites (tertiary alicyclic amines) is 1. The van der Waals surface area contributed by atoms with E-state index in [1.165, 1.54) is 0 Å². The Morgan fingerprint density at radius 1 is 1.57 bits per heavy atom. The highest BCUT2D eigenvalue weighted by atomic mass is 79.9. The van der Waals surface area contributed by atoms with Crippen molar-refractivity contribution in [3.8, 4) is 0 Å². The van der Waals surface area contributed by atoms with E-state index in [1.807, 2.05) is 4.90 Å². The van der Waals surface area contributed by atoms with Gasteiger partial charge in [0.1, 0.15) is 0 Å². The molecule has 14 heavy (non-hydrogen) atoms. The van der Waals surface area contributed by atoms with Crippen LogP contribution in [0.4, 0.5) is 0 Å². The normalized spacial score (nSPS) is 24.1. The topological polar surface area (TPSA) is 20.3 Å². The zero-order valence-corrected chi connectivity index (χ0v) is 10.9. The molecule has 0 aromatic rings. The van der Waals surface area contributed by atoms with E-state index in [0.29, 0.717) is 0 Å².